The maximum absolute atomic E-state index is 13.0. The van der Waals surface area contributed by atoms with Gasteiger partial charge in [0.15, 0.2) is 0 Å². The predicted octanol–water partition coefficient (Wildman–Crippen LogP) is 2.25. The second kappa shape index (κ2) is 10.5. The first-order chi connectivity index (χ1) is 15.6. The number of nitro groups is 1. The molecule has 10 nitrogen and oxygen atoms in total. The summed E-state index contributed by atoms with van der Waals surface area (Å²) in [5.41, 5.74) is 1.03. The average molecular weight is 478 g/mol. The van der Waals surface area contributed by atoms with E-state index in [1.165, 1.54) is 16.4 Å². The summed E-state index contributed by atoms with van der Waals surface area (Å²) < 4.78 is 32.6. The third-order valence-corrected chi connectivity index (χ3v) is 7.77. The van der Waals surface area contributed by atoms with Crippen LogP contribution >= 0.6 is 0 Å². The molecule has 0 amide bonds. The monoisotopic (exact) mass is 477 g/mol. The third-order valence-electron chi connectivity index (χ3n) is 5.88. The van der Waals surface area contributed by atoms with Crippen LogP contribution in [-0.4, -0.2) is 88.4 Å². The lowest BCUT2D eigenvalue weighted by atomic mass is 10.1. The number of ether oxygens (including phenoxy) is 1. The van der Waals surface area contributed by atoms with Gasteiger partial charge in [0.05, 0.1) is 23.0 Å². The Kier molecular flexibility index (Phi) is 7.90. The number of likely N-dealkylation sites (N-methyl/N-ethyl adjacent to an activating group) is 2. The summed E-state index contributed by atoms with van der Waals surface area (Å²) in [6, 6.07) is 11.6. The molecule has 33 heavy (non-hydrogen) atoms. The number of methoxy groups -OCH3 is 1. The van der Waals surface area contributed by atoms with E-state index in [2.05, 4.69) is 5.32 Å². The Morgan fingerprint density at radius 3 is 2.30 bits per heavy atom. The van der Waals surface area contributed by atoms with E-state index in [1.807, 2.05) is 55.2 Å². The van der Waals surface area contributed by atoms with Crippen molar-refractivity contribution < 1.29 is 18.1 Å². The lowest BCUT2D eigenvalue weighted by Gasteiger charge is -2.31. The number of rotatable bonds is 9. The maximum Gasteiger partial charge on any atom is 0.293 e. The molecule has 0 bridgehead atoms. The molecule has 1 aliphatic rings. The van der Waals surface area contributed by atoms with Gasteiger partial charge in [-0.05, 0) is 51.0 Å². The molecule has 0 saturated carbocycles. The lowest BCUT2D eigenvalue weighted by molar-refractivity contribution is -0.384. The first-order valence-electron chi connectivity index (χ1n) is 10.6. The highest BCUT2D eigenvalue weighted by atomic mass is 32.2. The van der Waals surface area contributed by atoms with Crippen molar-refractivity contribution in [3.8, 4) is 5.75 Å². The van der Waals surface area contributed by atoms with E-state index in [0.29, 0.717) is 32.7 Å². The van der Waals surface area contributed by atoms with Gasteiger partial charge in [-0.15, -0.1) is 0 Å². The van der Waals surface area contributed by atoms with E-state index in [1.54, 1.807) is 7.11 Å². The van der Waals surface area contributed by atoms with Crippen LogP contribution < -0.4 is 10.1 Å². The quantitative estimate of drug-likeness (QED) is 0.433. The fraction of sp³-hybridized carbons (Fsp3) is 0.455. The van der Waals surface area contributed by atoms with Crippen LogP contribution in [0.5, 0.6) is 5.75 Å². The topological polar surface area (TPSA) is 108 Å². The van der Waals surface area contributed by atoms with E-state index in [9.17, 15) is 18.5 Å². The maximum atomic E-state index is 13.0. The number of hydrogen-bond donors (Lipinski definition) is 1. The van der Waals surface area contributed by atoms with Gasteiger partial charge in [0, 0.05) is 38.8 Å². The minimum atomic E-state index is -3.80. The zero-order chi connectivity index (χ0) is 24.2. The van der Waals surface area contributed by atoms with Crippen LogP contribution in [0.3, 0.4) is 0 Å². The molecule has 1 N–H and O–H groups in total. The zero-order valence-corrected chi connectivity index (χ0v) is 20.2. The highest BCUT2D eigenvalue weighted by molar-refractivity contribution is 7.89. The van der Waals surface area contributed by atoms with Crippen LogP contribution in [0.1, 0.15) is 11.6 Å². The third kappa shape index (κ3) is 5.80. The summed E-state index contributed by atoms with van der Waals surface area (Å²) in [4.78, 5) is 15.2. The van der Waals surface area contributed by atoms with Crippen LogP contribution in [0.15, 0.2) is 47.4 Å². The fourth-order valence-corrected chi connectivity index (χ4v) is 5.22. The van der Waals surface area contributed by atoms with Crippen molar-refractivity contribution in [2.24, 2.45) is 0 Å². The standard InChI is InChI=1S/C22H31N5O5S/c1-24(2)22(17-5-7-18(32-4)8-6-17)16-23-20-10-9-19(15-21(20)27(28)29)33(30,31)26-13-11-25(3)12-14-26/h5-10,15,22-23H,11-14,16H2,1-4H3/t22-/m0/s1. The number of anilines is 1. The summed E-state index contributed by atoms with van der Waals surface area (Å²) in [5, 5.41) is 14.9. The largest absolute Gasteiger partial charge is 0.497 e. The van der Waals surface area contributed by atoms with Crippen molar-refractivity contribution in [2.75, 3.05) is 66.3 Å². The Labute approximate surface area is 194 Å². The molecule has 1 aliphatic heterocycles. The van der Waals surface area contributed by atoms with Gasteiger partial charge in [0.25, 0.3) is 5.69 Å². The van der Waals surface area contributed by atoms with Crippen LogP contribution in [0, 0.1) is 10.1 Å². The van der Waals surface area contributed by atoms with E-state index in [4.69, 9.17) is 4.74 Å². The second-order valence-electron chi connectivity index (χ2n) is 8.28. The van der Waals surface area contributed by atoms with Crippen molar-refractivity contribution in [1.82, 2.24) is 14.1 Å². The number of hydrogen-bond acceptors (Lipinski definition) is 8. The van der Waals surface area contributed by atoms with Gasteiger partial charge in [-0.3, -0.25) is 10.1 Å². The summed E-state index contributed by atoms with van der Waals surface area (Å²) in [5.74, 6) is 0.747. The van der Waals surface area contributed by atoms with E-state index in [0.717, 1.165) is 17.4 Å². The molecule has 0 unspecified atom stereocenters. The molecule has 1 atom stereocenters. The van der Waals surface area contributed by atoms with Gasteiger partial charge in [-0.2, -0.15) is 4.31 Å². The fourth-order valence-electron chi connectivity index (χ4n) is 3.78. The summed E-state index contributed by atoms with van der Waals surface area (Å²) in [6.07, 6.45) is 0. The molecule has 0 spiro atoms. The highest BCUT2D eigenvalue weighted by Crippen LogP contribution is 2.30. The Hall–Kier alpha value is -2.73. The van der Waals surface area contributed by atoms with Crippen LogP contribution in [-0.2, 0) is 10.0 Å². The van der Waals surface area contributed by atoms with E-state index >= 15 is 0 Å². The Morgan fingerprint density at radius 1 is 1.12 bits per heavy atom. The van der Waals surface area contributed by atoms with Crippen molar-refractivity contribution in [3.63, 3.8) is 0 Å². The first kappa shape index (κ1) is 24.9. The number of sulfonamides is 1. The first-order valence-corrected chi connectivity index (χ1v) is 12.1. The SMILES string of the molecule is COc1ccc([C@H](CNc2ccc(S(=O)(=O)N3CCN(C)CC3)cc2[N+](=O)[O-])N(C)C)cc1. The molecule has 1 fully saturated rings. The Morgan fingerprint density at radius 2 is 1.76 bits per heavy atom. The van der Waals surface area contributed by atoms with Gasteiger partial charge < -0.3 is 19.9 Å². The van der Waals surface area contributed by atoms with Gasteiger partial charge >= 0.3 is 0 Å². The van der Waals surface area contributed by atoms with Crippen molar-refractivity contribution in [2.45, 2.75) is 10.9 Å². The highest BCUT2D eigenvalue weighted by Gasteiger charge is 2.30. The lowest BCUT2D eigenvalue weighted by Crippen LogP contribution is -2.47. The predicted molar refractivity (Wildman–Crippen MR) is 127 cm³/mol. The molecule has 3 rings (SSSR count). The van der Waals surface area contributed by atoms with Crippen LogP contribution in [0.2, 0.25) is 0 Å². The molecule has 0 aliphatic carbocycles. The number of nitro benzene ring substituents is 1. The van der Waals surface area contributed by atoms with Crippen LogP contribution in [0.25, 0.3) is 0 Å². The van der Waals surface area contributed by atoms with Gasteiger partial charge in [-0.1, -0.05) is 12.1 Å². The normalized spacial score (nSPS) is 16.5. The van der Waals surface area contributed by atoms with Gasteiger partial charge in [0.2, 0.25) is 10.0 Å². The molecular formula is C22H31N5O5S. The molecule has 180 valence electrons. The number of piperazine rings is 1. The molecular weight excluding hydrogens is 446 g/mol. The van der Waals surface area contributed by atoms with Gasteiger partial charge in [-0.25, -0.2) is 8.42 Å². The van der Waals surface area contributed by atoms with Crippen LogP contribution in [0.4, 0.5) is 11.4 Å². The smallest absolute Gasteiger partial charge is 0.293 e. The summed E-state index contributed by atoms with van der Waals surface area (Å²) in [6.45, 7) is 2.36. The molecule has 1 heterocycles. The van der Waals surface area contributed by atoms with Crippen molar-refractivity contribution in [3.05, 3.63) is 58.1 Å². The zero-order valence-electron chi connectivity index (χ0n) is 19.4. The number of nitrogens with zero attached hydrogens (tertiary/aromatic N) is 4. The van der Waals surface area contributed by atoms with E-state index in [-0.39, 0.29) is 22.3 Å². The molecule has 2 aromatic carbocycles. The molecule has 0 radical (unpaired) electrons. The van der Waals surface area contributed by atoms with Crippen molar-refractivity contribution >= 4 is 21.4 Å². The average Bonchev–Trinajstić information content (AvgIpc) is 2.79. The summed E-state index contributed by atoms with van der Waals surface area (Å²) >= 11 is 0. The Bertz CT molecular complexity index is 1070. The van der Waals surface area contributed by atoms with Gasteiger partial charge in [0.1, 0.15) is 11.4 Å². The molecule has 2 aromatic rings. The minimum Gasteiger partial charge on any atom is -0.497 e. The summed E-state index contributed by atoms with van der Waals surface area (Å²) in [7, 11) is 3.59. The minimum absolute atomic E-state index is 0.0655. The molecule has 11 heteroatoms. The molecule has 0 aromatic heterocycles. The number of nitrogens with one attached hydrogen (secondary N) is 1. The number of benzene rings is 2. The second-order valence-corrected chi connectivity index (χ2v) is 10.2. The van der Waals surface area contributed by atoms with E-state index < -0.39 is 14.9 Å². The molecule has 1 saturated heterocycles. The Balaban J connectivity index is 1.82. The van der Waals surface area contributed by atoms with Crippen molar-refractivity contribution in [1.29, 1.82) is 0 Å².